The average Bonchev–Trinajstić information content (AvgIpc) is 2.99. The Labute approximate surface area is 154 Å². The van der Waals surface area contributed by atoms with E-state index in [9.17, 15) is 13.9 Å². The number of rotatable bonds is 6. The highest BCUT2D eigenvalue weighted by Gasteiger charge is 2.20. The van der Waals surface area contributed by atoms with Crippen molar-refractivity contribution >= 4 is 11.8 Å². The summed E-state index contributed by atoms with van der Waals surface area (Å²) in [6.45, 7) is 3.98. The third-order valence-corrected chi connectivity index (χ3v) is 4.81. The molecule has 0 fully saturated rings. The number of imidazole rings is 1. The van der Waals surface area contributed by atoms with Gasteiger partial charge in [-0.3, -0.25) is 4.98 Å². The zero-order chi connectivity index (χ0) is 18.7. The Hall–Kier alpha value is -2.25. The largest absolute Gasteiger partial charge is 0.385 e. The summed E-state index contributed by atoms with van der Waals surface area (Å²) in [6.07, 6.45) is 2.92. The quantitative estimate of drug-likeness (QED) is 0.659. The molecule has 0 radical (unpaired) electrons. The molecular weight excluding hydrogens is 356 g/mol. The number of aromatic amines is 1. The fourth-order valence-electron chi connectivity index (χ4n) is 2.55. The van der Waals surface area contributed by atoms with Crippen molar-refractivity contribution in [3.05, 3.63) is 71.4 Å². The van der Waals surface area contributed by atoms with Crippen LogP contribution in [-0.4, -0.2) is 20.1 Å². The molecule has 0 aliphatic rings. The first-order valence-electron chi connectivity index (χ1n) is 8.23. The van der Waals surface area contributed by atoms with Gasteiger partial charge in [-0.1, -0.05) is 25.6 Å². The number of nitrogens with zero attached hydrogens (tertiary/aromatic N) is 2. The maximum atomic E-state index is 13.4. The molecule has 3 rings (SSSR count). The number of aliphatic hydroxyl groups is 1. The second-order valence-corrected chi connectivity index (χ2v) is 7.34. The van der Waals surface area contributed by atoms with Gasteiger partial charge in [-0.25, -0.2) is 13.8 Å². The molecule has 1 atom stereocenters. The van der Waals surface area contributed by atoms with Crippen LogP contribution in [0.2, 0.25) is 0 Å². The van der Waals surface area contributed by atoms with Gasteiger partial charge in [-0.15, -0.1) is 0 Å². The van der Waals surface area contributed by atoms with Gasteiger partial charge in [0.25, 0.3) is 0 Å². The minimum Gasteiger partial charge on any atom is -0.385 e. The Morgan fingerprint density at radius 3 is 2.38 bits per heavy atom. The number of halogens is 2. The molecule has 0 bridgehead atoms. The number of aromatic nitrogens is 3. The minimum absolute atomic E-state index is 0.116. The molecule has 0 amide bonds. The van der Waals surface area contributed by atoms with E-state index < -0.39 is 17.7 Å². The molecule has 0 aliphatic carbocycles. The minimum atomic E-state index is -0.812. The number of nitrogens with one attached hydrogen (secondary N) is 1. The van der Waals surface area contributed by atoms with Gasteiger partial charge in [0.2, 0.25) is 0 Å². The predicted molar refractivity (Wildman–Crippen MR) is 96.1 cm³/mol. The molecule has 0 saturated heterocycles. The molecule has 3 aromatic rings. The smallest absolute Gasteiger partial charge is 0.136 e. The van der Waals surface area contributed by atoms with Crippen LogP contribution in [0.5, 0.6) is 0 Å². The van der Waals surface area contributed by atoms with Crippen LogP contribution < -0.4 is 0 Å². The highest BCUT2D eigenvalue weighted by Crippen LogP contribution is 2.34. The molecule has 0 spiro atoms. The summed E-state index contributed by atoms with van der Waals surface area (Å²) >= 11 is 1.17. The summed E-state index contributed by atoms with van der Waals surface area (Å²) in [5.41, 5.74) is 1.76. The molecule has 1 unspecified atom stereocenters. The van der Waals surface area contributed by atoms with Crippen LogP contribution >= 0.6 is 11.8 Å². The molecule has 2 N–H and O–H groups in total. The first-order chi connectivity index (χ1) is 12.4. The third kappa shape index (κ3) is 4.47. The molecular formula is C19H19F2N3OS. The number of aliphatic hydroxyl groups excluding tert-OH is 1. The number of pyridine rings is 1. The van der Waals surface area contributed by atoms with Gasteiger partial charge in [-0.05, 0) is 35.7 Å². The van der Waals surface area contributed by atoms with Crippen LogP contribution in [0.15, 0.2) is 52.6 Å². The first kappa shape index (κ1) is 18.5. The maximum absolute atomic E-state index is 13.4. The number of hydrogen-bond donors (Lipinski definition) is 2. The second-order valence-electron chi connectivity index (χ2n) is 6.28. The number of hydrogen-bond acceptors (Lipinski definition) is 4. The molecule has 0 saturated carbocycles. The van der Waals surface area contributed by atoms with E-state index in [1.165, 1.54) is 23.9 Å². The van der Waals surface area contributed by atoms with Crippen molar-refractivity contribution in [3.63, 3.8) is 0 Å². The van der Waals surface area contributed by atoms with Crippen molar-refractivity contribution in [2.45, 2.75) is 42.2 Å². The Kier molecular flexibility index (Phi) is 5.68. The molecule has 2 heterocycles. The standard InChI is InChI=1S/C19H19F2N3OS/c1-11(2)17-19(26-15-9-13(20)8-14(21)10-15)24-18(23-17)16(25)7-12-3-5-22-6-4-12/h3-6,8-11,16,25H,7H2,1-2H3,(H,23,24). The van der Waals surface area contributed by atoms with Crippen LogP contribution in [0.3, 0.4) is 0 Å². The van der Waals surface area contributed by atoms with Gasteiger partial charge >= 0.3 is 0 Å². The van der Waals surface area contributed by atoms with Gasteiger partial charge in [0.1, 0.15) is 28.6 Å². The molecule has 2 aromatic heterocycles. The highest BCUT2D eigenvalue weighted by atomic mass is 32.2. The summed E-state index contributed by atoms with van der Waals surface area (Å²) < 4.78 is 26.9. The van der Waals surface area contributed by atoms with Crippen molar-refractivity contribution in [1.82, 2.24) is 15.0 Å². The van der Waals surface area contributed by atoms with Gasteiger partial charge in [-0.2, -0.15) is 0 Å². The van der Waals surface area contributed by atoms with E-state index in [0.717, 1.165) is 17.3 Å². The van der Waals surface area contributed by atoms with E-state index in [1.54, 1.807) is 12.4 Å². The van der Waals surface area contributed by atoms with Crippen LogP contribution in [-0.2, 0) is 6.42 Å². The zero-order valence-corrected chi connectivity index (χ0v) is 15.2. The molecule has 0 aliphatic heterocycles. The average molecular weight is 375 g/mol. The van der Waals surface area contributed by atoms with Crippen molar-refractivity contribution in [3.8, 4) is 0 Å². The Morgan fingerprint density at radius 1 is 1.12 bits per heavy atom. The van der Waals surface area contributed by atoms with E-state index in [1.807, 2.05) is 26.0 Å². The first-order valence-corrected chi connectivity index (χ1v) is 9.04. The van der Waals surface area contributed by atoms with Crippen molar-refractivity contribution in [1.29, 1.82) is 0 Å². The summed E-state index contributed by atoms with van der Waals surface area (Å²) in [7, 11) is 0. The van der Waals surface area contributed by atoms with Gasteiger partial charge in [0.15, 0.2) is 0 Å². The molecule has 1 aromatic carbocycles. The number of benzene rings is 1. The summed E-state index contributed by atoms with van der Waals surface area (Å²) in [4.78, 5) is 12.0. The molecule has 136 valence electrons. The Bertz CT molecular complexity index is 863. The van der Waals surface area contributed by atoms with E-state index in [0.29, 0.717) is 22.2 Å². The third-order valence-electron chi connectivity index (χ3n) is 3.84. The van der Waals surface area contributed by atoms with Crippen molar-refractivity contribution in [2.75, 3.05) is 0 Å². The second kappa shape index (κ2) is 7.97. The molecule has 7 heteroatoms. The van der Waals surface area contributed by atoms with E-state index >= 15 is 0 Å². The van der Waals surface area contributed by atoms with E-state index in [4.69, 9.17) is 0 Å². The molecule has 4 nitrogen and oxygen atoms in total. The summed E-state index contributed by atoms with van der Waals surface area (Å²) in [5, 5.41) is 11.1. The van der Waals surface area contributed by atoms with Crippen molar-refractivity contribution < 1.29 is 13.9 Å². The lowest BCUT2D eigenvalue weighted by molar-refractivity contribution is 0.169. The van der Waals surface area contributed by atoms with Crippen LogP contribution in [0.1, 0.15) is 43.0 Å². The highest BCUT2D eigenvalue weighted by molar-refractivity contribution is 7.99. The van der Waals surface area contributed by atoms with Gasteiger partial charge < -0.3 is 10.1 Å². The lowest BCUT2D eigenvalue weighted by Gasteiger charge is -2.07. The monoisotopic (exact) mass is 375 g/mol. The maximum Gasteiger partial charge on any atom is 0.136 e. The lowest BCUT2D eigenvalue weighted by Crippen LogP contribution is -2.04. The Balaban J connectivity index is 1.86. The SMILES string of the molecule is CC(C)c1[nH]c(C(O)Cc2ccncc2)nc1Sc1cc(F)cc(F)c1. The molecule has 26 heavy (non-hydrogen) atoms. The van der Waals surface area contributed by atoms with Crippen LogP contribution in [0.4, 0.5) is 8.78 Å². The fraction of sp³-hybridized carbons (Fsp3) is 0.263. The van der Waals surface area contributed by atoms with Gasteiger partial charge in [0.05, 0.1) is 5.69 Å². The zero-order valence-electron chi connectivity index (χ0n) is 14.4. The summed E-state index contributed by atoms with van der Waals surface area (Å²) in [6, 6.07) is 7.03. The van der Waals surface area contributed by atoms with Crippen LogP contribution in [0.25, 0.3) is 0 Å². The van der Waals surface area contributed by atoms with Crippen molar-refractivity contribution in [2.24, 2.45) is 0 Å². The van der Waals surface area contributed by atoms with E-state index in [2.05, 4.69) is 15.0 Å². The normalized spacial score (nSPS) is 12.5. The fourth-order valence-corrected chi connectivity index (χ4v) is 3.66. The number of H-pyrrole nitrogens is 1. The summed E-state index contributed by atoms with van der Waals surface area (Å²) in [5.74, 6) is -0.714. The van der Waals surface area contributed by atoms with Crippen LogP contribution in [0, 0.1) is 11.6 Å². The van der Waals surface area contributed by atoms with E-state index in [-0.39, 0.29) is 5.92 Å². The van der Waals surface area contributed by atoms with Gasteiger partial charge in [0, 0.05) is 29.8 Å². The Morgan fingerprint density at radius 2 is 1.77 bits per heavy atom. The lowest BCUT2D eigenvalue weighted by atomic mass is 10.1. The predicted octanol–water partition coefficient (Wildman–Crippen LogP) is 4.63. The topological polar surface area (TPSA) is 61.8 Å².